The molecule has 2 rings (SSSR count). The molecule has 6 nitrogen and oxygen atoms in total. The standard InChI is InChI=1S/2C18H25N3/c2*1-4-5-6-7-8-9-10-21-15(2)11-17(12-16(21)3)18(13-19)14-20/h2*11-12H,4-10H2,1-3H3. The Morgan fingerprint density at radius 1 is 0.476 bits per heavy atom. The van der Waals surface area contributed by atoms with Crippen molar-refractivity contribution < 1.29 is 0 Å². The van der Waals surface area contributed by atoms with Gasteiger partial charge in [0.1, 0.15) is 35.4 Å². The van der Waals surface area contributed by atoms with Gasteiger partial charge in [0, 0.05) is 47.0 Å². The smallest absolute Gasteiger partial charge is 0.137 e. The van der Waals surface area contributed by atoms with E-state index in [0.717, 1.165) is 47.0 Å². The first-order valence-corrected chi connectivity index (χ1v) is 15.6. The summed E-state index contributed by atoms with van der Waals surface area (Å²) in [5.74, 6) is 0. The molecule has 0 bridgehead atoms. The van der Waals surface area contributed by atoms with Crippen molar-refractivity contribution in [3.8, 4) is 24.3 Å². The highest BCUT2D eigenvalue weighted by molar-refractivity contribution is 5.54. The highest BCUT2D eigenvalue weighted by Gasteiger charge is 2.16. The molecule has 0 spiro atoms. The molecule has 6 heteroatoms. The van der Waals surface area contributed by atoms with Crippen LogP contribution in [0.25, 0.3) is 0 Å². The molecule has 2 aliphatic heterocycles. The van der Waals surface area contributed by atoms with Gasteiger partial charge in [0.05, 0.1) is 0 Å². The molecule has 0 N–H and O–H groups in total. The van der Waals surface area contributed by atoms with E-state index in [0.29, 0.717) is 0 Å². The van der Waals surface area contributed by atoms with Gasteiger partial charge in [-0.25, -0.2) is 0 Å². The third-order valence-corrected chi connectivity index (χ3v) is 7.66. The first-order valence-electron chi connectivity index (χ1n) is 15.6. The maximum Gasteiger partial charge on any atom is 0.137 e. The molecule has 42 heavy (non-hydrogen) atoms. The van der Waals surface area contributed by atoms with E-state index in [1.165, 1.54) is 77.0 Å². The summed E-state index contributed by atoms with van der Waals surface area (Å²) in [6.07, 6.45) is 23.2. The van der Waals surface area contributed by atoms with Crippen molar-refractivity contribution in [1.29, 1.82) is 21.0 Å². The zero-order chi connectivity index (χ0) is 31.3. The normalized spacial score (nSPS) is 14.1. The van der Waals surface area contributed by atoms with E-state index < -0.39 is 0 Å². The molecule has 224 valence electrons. The fourth-order valence-electron chi connectivity index (χ4n) is 5.25. The number of hydrogen-bond acceptors (Lipinski definition) is 6. The van der Waals surface area contributed by atoms with Crippen LogP contribution in [0, 0.1) is 45.3 Å². The van der Waals surface area contributed by atoms with Crippen LogP contribution in [0.4, 0.5) is 0 Å². The number of unbranched alkanes of at least 4 members (excludes halogenated alkanes) is 10. The summed E-state index contributed by atoms with van der Waals surface area (Å²) >= 11 is 0. The van der Waals surface area contributed by atoms with Crippen molar-refractivity contribution in [3.63, 3.8) is 0 Å². The van der Waals surface area contributed by atoms with Crippen LogP contribution in [-0.2, 0) is 0 Å². The average molecular weight is 567 g/mol. The second kappa shape index (κ2) is 20.8. The van der Waals surface area contributed by atoms with Gasteiger partial charge in [-0.15, -0.1) is 0 Å². The minimum absolute atomic E-state index is 0.188. The number of hydrogen-bond donors (Lipinski definition) is 0. The topological polar surface area (TPSA) is 102 Å². The number of allylic oxidation sites excluding steroid dienone is 12. The first-order chi connectivity index (χ1) is 20.3. The lowest BCUT2D eigenvalue weighted by Gasteiger charge is -2.29. The molecule has 0 aromatic rings. The monoisotopic (exact) mass is 566 g/mol. The Balaban J connectivity index is 0.000000420. The summed E-state index contributed by atoms with van der Waals surface area (Å²) in [7, 11) is 0. The summed E-state index contributed by atoms with van der Waals surface area (Å²) < 4.78 is 0. The van der Waals surface area contributed by atoms with Crippen molar-refractivity contribution in [3.05, 3.63) is 69.4 Å². The third-order valence-electron chi connectivity index (χ3n) is 7.66. The number of rotatable bonds is 14. The van der Waals surface area contributed by atoms with Crippen molar-refractivity contribution in [1.82, 2.24) is 9.80 Å². The zero-order valence-electron chi connectivity index (χ0n) is 26.9. The Morgan fingerprint density at radius 3 is 1.00 bits per heavy atom. The molecule has 0 saturated carbocycles. The molecule has 0 aromatic heterocycles. The van der Waals surface area contributed by atoms with Crippen molar-refractivity contribution >= 4 is 0 Å². The molecule has 0 fully saturated rings. The van der Waals surface area contributed by atoms with Crippen molar-refractivity contribution in [2.75, 3.05) is 13.1 Å². The van der Waals surface area contributed by atoms with Crippen LogP contribution in [-0.4, -0.2) is 22.9 Å². The Bertz CT molecular complexity index is 1070. The van der Waals surface area contributed by atoms with Crippen LogP contribution in [0.15, 0.2) is 69.4 Å². The summed E-state index contributed by atoms with van der Waals surface area (Å²) in [5, 5.41) is 35.8. The zero-order valence-corrected chi connectivity index (χ0v) is 26.9. The van der Waals surface area contributed by atoms with E-state index in [2.05, 4.69) is 23.6 Å². The molecular weight excluding hydrogens is 516 g/mol. The maximum atomic E-state index is 8.96. The van der Waals surface area contributed by atoms with Crippen LogP contribution >= 0.6 is 0 Å². The van der Waals surface area contributed by atoms with Crippen LogP contribution in [0.1, 0.15) is 119 Å². The van der Waals surface area contributed by atoms with Gasteiger partial charge < -0.3 is 9.80 Å². The molecule has 0 atom stereocenters. The molecule has 2 aliphatic rings. The van der Waals surface area contributed by atoms with Gasteiger partial charge in [0.15, 0.2) is 0 Å². The fourth-order valence-corrected chi connectivity index (χ4v) is 5.25. The molecular formula is C36H50N6. The lowest BCUT2D eigenvalue weighted by molar-refractivity contribution is 0.402. The Labute approximate surface area is 255 Å². The van der Waals surface area contributed by atoms with Gasteiger partial charge in [-0.1, -0.05) is 78.1 Å². The predicted octanol–water partition coefficient (Wildman–Crippen LogP) is 9.63. The van der Waals surface area contributed by atoms with E-state index in [9.17, 15) is 0 Å². The third kappa shape index (κ3) is 12.2. The average Bonchev–Trinajstić information content (AvgIpc) is 2.96. The van der Waals surface area contributed by atoms with E-state index in [1.807, 2.05) is 76.3 Å². The SMILES string of the molecule is CCCCCCCCN1C(C)=CC(=C(C#N)C#N)C=C1C.CCCCCCCCN1C(C)=CC(=C(C#N)C#N)C=C1C. The molecule has 0 aliphatic carbocycles. The van der Waals surface area contributed by atoms with Gasteiger partial charge in [0.25, 0.3) is 0 Å². The van der Waals surface area contributed by atoms with Gasteiger partial charge in [0.2, 0.25) is 0 Å². The molecule has 0 amide bonds. The van der Waals surface area contributed by atoms with Crippen molar-refractivity contribution in [2.24, 2.45) is 0 Å². The number of nitriles is 4. The van der Waals surface area contributed by atoms with E-state index in [4.69, 9.17) is 21.0 Å². The fraction of sp³-hybridized carbons (Fsp3) is 0.556. The van der Waals surface area contributed by atoms with Crippen LogP contribution < -0.4 is 0 Å². The summed E-state index contributed by atoms with van der Waals surface area (Å²) in [4.78, 5) is 4.55. The predicted molar refractivity (Wildman–Crippen MR) is 172 cm³/mol. The highest BCUT2D eigenvalue weighted by atomic mass is 15.1. The second-order valence-corrected chi connectivity index (χ2v) is 11.1. The van der Waals surface area contributed by atoms with Gasteiger partial charge in [-0.3, -0.25) is 0 Å². The van der Waals surface area contributed by atoms with Crippen LogP contribution in [0.3, 0.4) is 0 Å². The first kappa shape index (κ1) is 36.0. The Morgan fingerprint density at radius 2 is 0.738 bits per heavy atom. The van der Waals surface area contributed by atoms with Crippen LogP contribution in [0.2, 0.25) is 0 Å². The number of nitrogens with zero attached hydrogens (tertiary/aromatic N) is 6. The Kier molecular flexibility index (Phi) is 17.9. The van der Waals surface area contributed by atoms with Crippen molar-refractivity contribution in [2.45, 2.75) is 119 Å². The minimum Gasteiger partial charge on any atom is -0.349 e. The second-order valence-electron chi connectivity index (χ2n) is 11.1. The molecule has 0 saturated heterocycles. The largest absolute Gasteiger partial charge is 0.349 e. The van der Waals surface area contributed by atoms with Gasteiger partial charge in [-0.2, -0.15) is 21.0 Å². The van der Waals surface area contributed by atoms with E-state index in [-0.39, 0.29) is 11.1 Å². The molecule has 0 aromatic carbocycles. The minimum atomic E-state index is 0.188. The molecule has 0 unspecified atom stereocenters. The van der Waals surface area contributed by atoms with Gasteiger partial charge >= 0.3 is 0 Å². The quantitative estimate of drug-likeness (QED) is 0.153. The highest BCUT2D eigenvalue weighted by Crippen LogP contribution is 2.26. The van der Waals surface area contributed by atoms with E-state index in [1.54, 1.807) is 0 Å². The van der Waals surface area contributed by atoms with Gasteiger partial charge in [-0.05, 0) is 64.8 Å². The summed E-state index contributed by atoms with van der Waals surface area (Å²) in [6, 6.07) is 7.84. The lowest BCUT2D eigenvalue weighted by atomic mass is 10.0. The summed E-state index contributed by atoms with van der Waals surface area (Å²) in [6.45, 7) is 14.7. The molecule has 2 heterocycles. The van der Waals surface area contributed by atoms with Crippen LogP contribution in [0.5, 0.6) is 0 Å². The van der Waals surface area contributed by atoms with E-state index >= 15 is 0 Å². The lowest BCUT2D eigenvalue weighted by Crippen LogP contribution is -2.23. The maximum absolute atomic E-state index is 8.96. The summed E-state index contributed by atoms with van der Waals surface area (Å²) in [5.41, 5.74) is 6.29. The Hall–Kier alpha value is -4.00. The molecule has 0 radical (unpaired) electrons.